The summed E-state index contributed by atoms with van der Waals surface area (Å²) in [4.78, 5) is 23.3. The number of carbonyl (C=O) groups is 1. The molecule has 0 unspecified atom stereocenters. The fourth-order valence-corrected chi connectivity index (χ4v) is 3.55. The molecular weight excluding hydrogens is 394 g/mol. The lowest BCUT2D eigenvalue weighted by molar-refractivity contribution is 0.0996. The average molecular weight is 415 g/mol. The summed E-state index contributed by atoms with van der Waals surface area (Å²) in [7, 11) is 0. The molecule has 8 nitrogen and oxygen atoms in total. The van der Waals surface area contributed by atoms with Crippen LogP contribution in [0, 0.1) is 0 Å². The Kier molecular flexibility index (Phi) is 5.20. The molecule has 2 N–H and O–H groups in total. The van der Waals surface area contributed by atoms with Gasteiger partial charge in [-0.25, -0.2) is 9.97 Å². The molecule has 2 aromatic carbocycles. The van der Waals surface area contributed by atoms with Crippen LogP contribution in [0.2, 0.25) is 0 Å². The van der Waals surface area contributed by atoms with E-state index in [-0.39, 0.29) is 11.7 Å². The molecule has 0 spiro atoms. The Hall–Kier alpha value is -3.91. The van der Waals surface area contributed by atoms with E-state index in [4.69, 9.17) is 9.15 Å². The summed E-state index contributed by atoms with van der Waals surface area (Å²) in [6.45, 7) is 3.31. The van der Waals surface area contributed by atoms with Gasteiger partial charge in [0.1, 0.15) is 12.1 Å². The van der Waals surface area contributed by atoms with Crippen molar-refractivity contribution in [2.45, 2.75) is 0 Å². The highest BCUT2D eigenvalue weighted by Crippen LogP contribution is 2.27. The number of hydrogen-bond donors (Lipinski definition) is 2. The minimum absolute atomic E-state index is 0.253. The summed E-state index contributed by atoms with van der Waals surface area (Å²) in [5.74, 6) is 0.607. The Morgan fingerprint density at radius 1 is 0.968 bits per heavy atom. The molecule has 0 saturated carbocycles. The molecule has 31 heavy (non-hydrogen) atoms. The molecule has 0 radical (unpaired) electrons. The highest BCUT2D eigenvalue weighted by atomic mass is 16.5. The zero-order chi connectivity index (χ0) is 21.0. The molecule has 1 amide bonds. The Bertz CT molecular complexity index is 1190. The maximum Gasteiger partial charge on any atom is 0.291 e. The molecule has 1 aliphatic heterocycles. The van der Waals surface area contributed by atoms with E-state index in [1.807, 2.05) is 24.3 Å². The third kappa shape index (κ3) is 4.19. The molecule has 156 valence electrons. The smallest absolute Gasteiger partial charge is 0.291 e. The molecule has 5 rings (SSSR count). The van der Waals surface area contributed by atoms with Gasteiger partial charge in [-0.3, -0.25) is 4.79 Å². The van der Waals surface area contributed by atoms with Gasteiger partial charge in [0, 0.05) is 35.5 Å². The van der Waals surface area contributed by atoms with Crippen molar-refractivity contribution in [2.75, 3.05) is 41.8 Å². The van der Waals surface area contributed by atoms with E-state index in [9.17, 15) is 4.79 Å². The molecule has 0 atom stereocenters. The lowest BCUT2D eigenvalue weighted by Crippen LogP contribution is -2.36. The predicted molar refractivity (Wildman–Crippen MR) is 119 cm³/mol. The van der Waals surface area contributed by atoms with Gasteiger partial charge < -0.3 is 24.7 Å². The first-order valence-corrected chi connectivity index (χ1v) is 10.1. The topological polar surface area (TPSA) is 92.5 Å². The van der Waals surface area contributed by atoms with E-state index in [0.29, 0.717) is 11.5 Å². The quantitative estimate of drug-likeness (QED) is 0.508. The number of carbonyl (C=O) groups excluding carboxylic acids is 1. The van der Waals surface area contributed by atoms with Gasteiger partial charge in [-0.2, -0.15) is 0 Å². The second-order valence-corrected chi connectivity index (χ2v) is 7.16. The van der Waals surface area contributed by atoms with E-state index in [0.717, 1.165) is 42.9 Å². The number of anilines is 4. The third-order valence-corrected chi connectivity index (χ3v) is 5.14. The van der Waals surface area contributed by atoms with Crippen molar-refractivity contribution in [3.05, 3.63) is 72.9 Å². The van der Waals surface area contributed by atoms with E-state index in [2.05, 4.69) is 37.6 Å². The first-order valence-electron chi connectivity index (χ1n) is 10.1. The van der Waals surface area contributed by atoms with Crippen LogP contribution in [0.25, 0.3) is 10.9 Å². The van der Waals surface area contributed by atoms with Crippen molar-refractivity contribution in [3.8, 4) is 0 Å². The average Bonchev–Trinajstić information content (AvgIpc) is 3.36. The van der Waals surface area contributed by atoms with Crippen LogP contribution >= 0.6 is 0 Å². The number of rotatable bonds is 5. The first kappa shape index (κ1) is 19.1. The van der Waals surface area contributed by atoms with Crippen molar-refractivity contribution in [3.63, 3.8) is 0 Å². The van der Waals surface area contributed by atoms with Gasteiger partial charge in [0.25, 0.3) is 5.91 Å². The van der Waals surface area contributed by atoms with Crippen LogP contribution in [0.1, 0.15) is 10.6 Å². The van der Waals surface area contributed by atoms with Gasteiger partial charge >= 0.3 is 0 Å². The minimum Gasteiger partial charge on any atom is -0.459 e. The Balaban J connectivity index is 1.37. The van der Waals surface area contributed by atoms with Gasteiger partial charge in [-0.1, -0.05) is 0 Å². The number of nitrogens with one attached hydrogen (secondary N) is 2. The molecule has 0 aliphatic carbocycles. The highest BCUT2D eigenvalue weighted by Gasteiger charge is 2.12. The third-order valence-electron chi connectivity index (χ3n) is 5.14. The lowest BCUT2D eigenvalue weighted by atomic mass is 10.2. The number of fused-ring (bicyclic) bond motifs is 1. The van der Waals surface area contributed by atoms with Crippen molar-refractivity contribution >= 4 is 39.7 Å². The van der Waals surface area contributed by atoms with Gasteiger partial charge in [-0.05, 0) is 54.6 Å². The summed E-state index contributed by atoms with van der Waals surface area (Å²) < 4.78 is 10.6. The van der Waals surface area contributed by atoms with Gasteiger partial charge in [0.05, 0.1) is 25.0 Å². The number of amides is 1. The molecule has 0 bridgehead atoms. The van der Waals surface area contributed by atoms with Crippen molar-refractivity contribution in [1.29, 1.82) is 0 Å². The van der Waals surface area contributed by atoms with E-state index in [1.165, 1.54) is 18.3 Å². The number of aromatic nitrogens is 2. The molecule has 3 heterocycles. The highest BCUT2D eigenvalue weighted by molar-refractivity contribution is 6.04. The Morgan fingerprint density at radius 2 is 1.77 bits per heavy atom. The normalized spacial score (nSPS) is 13.9. The number of ether oxygens (including phenoxy) is 1. The predicted octanol–water partition coefficient (Wildman–Crippen LogP) is 4.06. The van der Waals surface area contributed by atoms with Crippen LogP contribution in [0.3, 0.4) is 0 Å². The van der Waals surface area contributed by atoms with Crippen LogP contribution in [-0.2, 0) is 4.74 Å². The molecule has 4 aromatic rings. The number of nitrogens with zero attached hydrogens (tertiary/aromatic N) is 3. The Labute approximate surface area is 178 Å². The van der Waals surface area contributed by atoms with Crippen molar-refractivity contribution in [1.82, 2.24) is 9.97 Å². The molecule has 8 heteroatoms. The number of furan rings is 1. The number of morpholine rings is 1. The fourth-order valence-electron chi connectivity index (χ4n) is 3.55. The standard InChI is InChI=1S/C23H21N5O3/c29-23(21-2-1-11-31-21)27-17-5-8-20-19(14-17)22(25-15-24-20)26-16-3-6-18(7-4-16)28-9-12-30-13-10-28/h1-8,11,14-15H,9-10,12-13H2,(H,27,29)(H,24,25,26). The van der Waals surface area contributed by atoms with Gasteiger partial charge in [0.2, 0.25) is 0 Å². The minimum atomic E-state index is -0.311. The number of benzene rings is 2. The first-order chi connectivity index (χ1) is 15.3. The largest absolute Gasteiger partial charge is 0.459 e. The van der Waals surface area contributed by atoms with Crippen LogP contribution < -0.4 is 15.5 Å². The monoisotopic (exact) mass is 415 g/mol. The Morgan fingerprint density at radius 3 is 2.55 bits per heavy atom. The maximum atomic E-state index is 12.3. The van der Waals surface area contributed by atoms with Gasteiger partial charge in [0.15, 0.2) is 5.76 Å². The molecule has 2 aromatic heterocycles. The van der Waals surface area contributed by atoms with Crippen molar-refractivity contribution < 1.29 is 13.9 Å². The fraction of sp³-hybridized carbons (Fsp3) is 0.174. The van der Waals surface area contributed by atoms with Gasteiger partial charge in [-0.15, -0.1) is 0 Å². The zero-order valence-corrected chi connectivity index (χ0v) is 16.7. The van der Waals surface area contributed by atoms with Crippen molar-refractivity contribution in [2.24, 2.45) is 0 Å². The van der Waals surface area contributed by atoms with Crippen LogP contribution in [0.5, 0.6) is 0 Å². The molecule has 1 saturated heterocycles. The van der Waals surface area contributed by atoms with E-state index < -0.39 is 0 Å². The number of hydrogen-bond acceptors (Lipinski definition) is 7. The van der Waals surface area contributed by atoms with E-state index >= 15 is 0 Å². The lowest BCUT2D eigenvalue weighted by Gasteiger charge is -2.28. The van der Waals surface area contributed by atoms with E-state index in [1.54, 1.807) is 18.2 Å². The second kappa shape index (κ2) is 8.45. The molecular formula is C23H21N5O3. The molecule has 1 fully saturated rings. The second-order valence-electron chi connectivity index (χ2n) is 7.16. The van der Waals surface area contributed by atoms with Crippen LogP contribution in [-0.4, -0.2) is 42.2 Å². The summed E-state index contributed by atoms with van der Waals surface area (Å²) in [6.07, 6.45) is 2.99. The van der Waals surface area contributed by atoms with Crippen LogP contribution in [0.4, 0.5) is 22.9 Å². The summed E-state index contributed by atoms with van der Waals surface area (Å²) in [5, 5.41) is 7.00. The molecule has 1 aliphatic rings. The SMILES string of the molecule is O=C(Nc1ccc2ncnc(Nc3ccc(N4CCOCC4)cc3)c2c1)c1ccco1. The summed E-state index contributed by atoms with van der Waals surface area (Å²) in [5.41, 5.74) is 3.50. The summed E-state index contributed by atoms with van der Waals surface area (Å²) >= 11 is 0. The summed E-state index contributed by atoms with van der Waals surface area (Å²) in [6, 6.07) is 17.0. The zero-order valence-electron chi connectivity index (χ0n) is 16.7. The van der Waals surface area contributed by atoms with Crippen LogP contribution in [0.15, 0.2) is 71.6 Å². The maximum absolute atomic E-state index is 12.3.